The smallest absolute Gasteiger partial charge is 0.413 e. The van der Waals surface area contributed by atoms with E-state index in [1.807, 2.05) is 37.3 Å². The minimum Gasteiger partial charge on any atom is -0.413 e. The predicted molar refractivity (Wildman–Crippen MR) is 86.9 cm³/mol. The highest BCUT2D eigenvalue weighted by Crippen LogP contribution is 2.18. The quantitative estimate of drug-likeness (QED) is 0.639. The summed E-state index contributed by atoms with van der Waals surface area (Å²) in [6, 6.07) is 16.9. The van der Waals surface area contributed by atoms with E-state index in [2.05, 4.69) is 0 Å². The minimum absolute atomic E-state index is 0.161. The lowest BCUT2D eigenvalue weighted by Crippen LogP contribution is -2.23. The molecule has 1 fully saturated rings. The summed E-state index contributed by atoms with van der Waals surface area (Å²) in [5.41, 5.74) is 2.78. The summed E-state index contributed by atoms with van der Waals surface area (Å²) in [7, 11) is 0. The molecule has 1 aliphatic heterocycles. The first-order valence-corrected chi connectivity index (χ1v) is 7.44. The standard InChI is InChI=1S/C19H17NO3/c1-14-7-9-15(10-8-14)12-20-13-17(23-19(20)22)11-18(21)16-5-3-2-4-6-16/h2-11H,12-13H2,1H3/b17-11+. The van der Waals surface area contributed by atoms with Crippen LogP contribution in [-0.2, 0) is 11.3 Å². The van der Waals surface area contributed by atoms with Crippen LogP contribution < -0.4 is 0 Å². The van der Waals surface area contributed by atoms with E-state index in [1.165, 1.54) is 11.6 Å². The molecule has 0 spiro atoms. The molecule has 0 aliphatic carbocycles. The topological polar surface area (TPSA) is 46.6 Å². The second-order valence-electron chi connectivity index (χ2n) is 5.55. The molecule has 0 bridgehead atoms. The van der Waals surface area contributed by atoms with E-state index >= 15 is 0 Å². The van der Waals surface area contributed by atoms with Crippen LogP contribution in [0.1, 0.15) is 21.5 Å². The van der Waals surface area contributed by atoms with Crippen LogP contribution in [0.2, 0.25) is 0 Å². The molecule has 23 heavy (non-hydrogen) atoms. The third-order valence-corrected chi connectivity index (χ3v) is 3.67. The number of amides is 1. The Balaban J connectivity index is 1.68. The van der Waals surface area contributed by atoms with Crippen LogP contribution in [0.4, 0.5) is 4.79 Å². The van der Waals surface area contributed by atoms with Gasteiger partial charge in [-0.3, -0.25) is 9.69 Å². The number of ether oxygens (including phenoxy) is 1. The lowest BCUT2D eigenvalue weighted by Gasteiger charge is -2.11. The van der Waals surface area contributed by atoms with Crippen molar-refractivity contribution in [3.63, 3.8) is 0 Å². The number of allylic oxidation sites excluding steroid dienone is 1. The summed E-state index contributed by atoms with van der Waals surface area (Å²) in [5, 5.41) is 0. The van der Waals surface area contributed by atoms with E-state index in [0.29, 0.717) is 24.4 Å². The molecule has 1 aliphatic rings. The molecule has 116 valence electrons. The van der Waals surface area contributed by atoms with E-state index in [9.17, 15) is 9.59 Å². The fraction of sp³-hybridized carbons (Fsp3) is 0.158. The number of benzene rings is 2. The van der Waals surface area contributed by atoms with Crippen LogP contribution in [0.3, 0.4) is 0 Å². The second kappa shape index (κ2) is 6.48. The van der Waals surface area contributed by atoms with Crippen LogP contribution in [0.5, 0.6) is 0 Å². The van der Waals surface area contributed by atoms with Gasteiger partial charge in [0, 0.05) is 18.2 Å². The highest BCUT2D eigenvalue weighted by molar-refractivity contribution is 6.05. The number of rotatable bonds is 4. The number of cyclic esters (lactones) is 1. The van der Waals surface area contributed by atoms with Crippen molar-refractivity contribution in [3.8, 4) is 0 Å². The van der Waals surface area contributed by atoms with E-state index in [1.54, 1.807) is 29.2 Å². The van der Waals surface area contributed by atoms with E-state index in [-0.39, 0.29) is 5.78 Å². The van der Waals surface area contributed by atoms with Crippen molar-refractivity contribution in [3.05, 3.63) is 83.1 Å². The SMILES string of the molecule is Cc1ccc(CN2C/C(=C\C(=O)c3ccccc3)OC2=O)cc1. The third-order valence-electron chi connectivity index (χ3n) is 3.67. The van der Waals surface area contributed by atoms with Gasteiger partial charge in [0.15, 0.2) is 5.78 Å². The van der Waals surface area contributed by atoms with Crippen molar-refractivity contribution in [2.75, 3.05) is 6.54 Å². The van der Waals surface area contributed by atoms with Crippen LogP contribution in [0, 0.1) is 6.92 Å². The Labute approximate surface area is 135 Å². The molecule has 3 rings (SSSR count). The highest BCUT2D eigenvalue weighted by atomic mass is 16.6. The lowest BCUT2D eigenvalue weighted by atomic mass is 10.1. The van der Waals surface area contributed by atoms with Crippen molar-refractivity contribution >= 4 is 11.9 Å². The van der Waals surface area contributed by atoms with E-state index in [4.69, 9.17) is 4.74 Å². The van der Waals surface area contributed by atoms with Gasteiger partial charge in [-0.1, -0.05) is 60.2 Å². The van der Waals surface area contributed by atoms with Crippen LogP contribution >= 0.6 is 0 Å². The van der Waals surface area contributed by atoms with Crippen LogP contribution in [0.15, 0.2) is 66.4 Å². The Bertz CT molecular complexity index is 748. The predicted octanol–water partition coefficient (Wildman–Crippen LogP) is 3.71. The largest absolute Gasteiger partial charge is 0.415 e. The van der Waals surface area contributed by atoms with Gasteiger partial charge in [0.05, 0.1) is 6.54 Å². The average molecular weight is 307 g/mol. The zero-order valence-electron chi connectivity index (χ0n) is 12.9. The molecule has 0 radical (unpaired) electrons. The fourth-order valence-corrected chi connectivity index (χ4v) is 2.40. The third kappa shape index (κ3) is 3.66. The van der Waals surface area contributed by atoms with Crippen molar-refractivity contribution in [2.45, 2.75) is 13.5 Å². The molecule has 0 saturated carbocycles. The summed E-state index contributed by atoms with van der Waals surface area (Å²) in [6.07, 6.45) is 0.972. The van der Waals surface area contributed by atoms with Crippen LogP contribution in [-0.4, -0.2) is 23.3 Å². The van der Waals surface area contributed by atoms with Gasteiger partial charge in [-0.05, 0) is 12.5 Å². The number of aryl methyl sites for hydroxylation is 1. The molecule has 1 heterocycles. The maximum absolute atomic E-state index is 12.1. The number of carbonyl (C=O) groups is 2. The summed E-state index contributed by atoms with van der Waals surface area (Å²) in [5.74, 6) is 0.224. The normalized spacial score (nSPS) is 15.8. The minimum atomic E-state index is -0.419. The van der Waals surface area contributed by atoms with Gasteiger partial charge in [0.2, 0.25) is 0 Å². The Morgan fingerprint density at radius 1 is 1.13 bits per heavy atom. The second-order valence-corrected chi connectivity index (χ2v) is 5.55. The lowest BCUT2D eigenvalue weighted by molar-refractivity contribution is 0.104. The Hall–Kier alpha value is -2.88. The Morgan fingerprint density at radius 2 is 1.83 bits per heavy atom. The number of ketones is 1. The number of nitrogens with zero attached hydrogens (tertiary/aromatic N) is 1. The van der Waals surface area contributed by atoms with Gasteiger partial charge >= 0.3 is 6.09 Å². The summed E-state index contributed by atoms with van der Waals surface area (Å²) < 4.78 is 5.19. The van der Waals surface area contributed by atoms with E-state index in [0.717, 1.165) is 5.56 Å². The molecular formula is C19H17NO3. The zero-order valence-corrected chi connectivity index (χ0v) is 12.9. The van der Waals surface area contributed by atoms with Crippen molar-refractivity contribution in [1.29, 1.82) is 0 Å². The van der Waals surface area contributed by atoms with Crippen molar-refractivity contribution in [2.24, 2.45) is 0 Å². The Kier molecular flexibility index (Phi) is 4.24. The molecule has 4 nitrogen and oxygen atoms in total. The molecule has 0 unspecified atom stereocenters. The molecule has 4 heteroatoms. The van der Waals surface area contributed by atoms with Gasteiger partial charge in [-0.25, -0.2) is 4.79 Å². The zero-order chi connectivity index (χ0) is 16.2. The van der Waals surface area contributed by atoms with Gasteiger partial charge in [0.25, 0.3) is 0 Å². The molecule has 0 N–H and O–H groups in total. The molecule has 0 aromatic heterocycles. The van der Waals surface area contributed by atoms with Crippen LogP contribution in [0.25, 0.3) is 0 Å². The first-order valence-electron chi connectivity index (χ1n) is 7.44. The maximum atomic E-state index is 12.1. The Morgan fingerprint density at radius 3 is 2.52 bits per heavy atom. The molecule has 2 aromatic rings. The fourth-order valence-electron chi connectivity index (χ4n) is 2.40. The summed E-state index contributed by atoms with van der Waals surface area (Å²) in [6.45, 7) is 2.80. The molecule has 1 amide bonds. The molecule has 0 atom stereocenters. The number of hydrogen-bond acceptors (Lipinski definition) is 3. The van der Waals surface area contributed by atoms with Crippen molar-refractivity contribution < 1.29 is 14.3 Å². The molecular weight excluding hydrogens is 290 g/mol. The average Bonchev–Trinajstić information content (AvgIpc) is 2.90. The van der Waals surface area contributed by atoms with Gasteiger partial charge in [-0.15, -0.1) is 0 Å². The first kappa shape index (κ1) is 15.0. The highest BCUT2D eigenvalue weighted by Gasteiger charge is 2.27. The van der Waals surface area contributed by atoms with Gasteiger partial charge < -0.3 is 4.74 Å². The maximum Gasteiger partial charge on any atom is 0.415 e. The molecule has 1 saturated heterocycles. The summed E-state index contributed by atoms with van der Waals surface area (Å²) in [4.78, 5) is 25.6. The summed E-state index contributed by atoms with van der Waals surface area (Å²) >= 11 is 0. The van der Waals surface area contributed by atoms with Gasteiger partial charge in [0.1, 0.15) is 5.76 Å². The number of hydrogen-bond donors (Lipinski definition) is 0. The van der Waals surface area contributed by atoms with E-state index < -0.39 is 6.09 Å². The van der Waals surface area contributed by atoms with Crippen molar-refractivity contribution in [1.82, 2.24) is 4.90 Å². The monoisotopic (exact) mass is 307 g/mol. The number of carbonyl (C=O) groups excluding carboxylic acids is 2. The first-order chi connectivity index (χ1) is 11.1. The van der Waals surface area contributed by atoms with Gasteiger partial charge in [-0.2, -0.15) is 0 Å². The molecule has 2 aromatic carbocycles.